The van der Waals surface area contributed by atoms with Gasteiger partial charge in [-0.05, 0) is 18.6 Å². The molecule has 2 rings (SSSR count). The van der Waals surface area contributed by atoms with Crippen molar-refractivity contribution in [3.05, 3.63) is 34.2 Å². The van der Waals surface area contributed by atoms with Gasteiger partial charge in [-0.25, -0.2) is 4.79 Å². The van der Waals surface area contributed by atoms with Gasteiger partial charge in [0.2, 0.25) is 0 Å². The van der Waals surface area contributed by atoms with Crippen molar-refractivity contribution in [2.45, 2.75) is 6.92 Å². The van der Waals surface area contributed by atoms with E-state index in [0.717, 1.165) is 10.3 Å². The molecule has 2 aromatic rings. The number of aromatic carboxylic acids is 1. The molecule has 1 N–H and O–H groups in total. The lowest BCUT2D eigenvalue weighted by atomic mass is 10.0. The van der Waals surface area contributed by atoms with E-state index in [1.807, 2.05) is 19.1 Å². The molecule has 0 saturated heterocycles. The van der Waals surface area contributed by atoms with E-state index in [2.05, 4.69) is 0 Å². The predicted molar refractivity (Wildman–Crippen MR) is 58.2 cm³/mol. The van der Waals surface area contributed by atoms with Crippen molar-refractivity contribution in [2.24, 2.45) is 0 Å². The maximum absolute atomic E-state index is 11.0. The molecule has 3 nitrogen and oxygen atoms in total. The summed E-state index contributed by atoms with van der Waals surface area (Å²) < 4.78 is 0.881. The Bertz CT molecular complexity index is 592. The first-order chi connectivity index (χ1) is 7.15. The van der Waals surface area contributed by atoms with Crippen molar-refractivity contribution in [1.29, 1.82) is 5.26 Å². The Morgan fingerprint density at radius 1 is 1.53 bits per heavy atom. The average Bonchev–Trinajstić information content (AvgIpc) is 2.64. The third kappa shape index (κ3) is 1.37. The summed E-state index contributed by atoms with van der Waals surface area (Å²) in [5.74, 6) is -0.983. The average molecular weight is 217 g/mol. The van der Waals surface area contributed by atoms with E-state index in [0.29, 0.717) is 10.9 Å². The Kier molecular flexibility index (Phi) is 2.18. The van der Waals surface area contributed by atoms with Crippen LogP contribution in [-0.2, 0) is 0 Å². The SMILES string of the molecule is Cc1ccc(C#N)c2c(C(=O)O)csc12. The monoisotopic (exact) mass is 217 g/mol. The molecule has 74 valence electrons. The highest BCUT2D eigenvalue weighted by Crippen LogP contribution is 2.31. The highest BCUT2D eigenvalue weighted by atomic mass is 32.1. The molecule has 1 aromatic heterocycles. The van der Waals surface area contributed by atoms with Gasteiger partial charge in [-0.2, -0.15) is 5.26 Å². The van der Waals surface area contributed by atoms with Crippen LogP contribution in [0.3, 0.4) is 0 Å². The molecular formula is C11H7NO2S. The molecule has 0 aliphatic rings. The van der Waals surface area contributed by atoms with Gasteiger partial charge in [-0.15, -0.1) is 11.3 Å². The van der Waals surface area contributed by atoms with Crippen LogP contribution >= 0.6 is 11.3 Å². The van der Waals surface area contributed by atoms with E-state index in [4.69, 9.17) is 10.4 Å². The van der Waals surface area contributed by atoms with Crippen molar-refractivity contribution in [2.75, 3.05) is 0 Å². The zero-order valence-corrected chi connectivity index (χ0v) is 8.76. The Morgan fingerprint density at radius 2 is 2.27 bits per heavy atom. The lowest BCUT2D eigenvalue weighted by Gasteiger charge is -1.98. The van der Waals surface area contributed by atoms with Gasteiger partial charge in [0.05, 0.1) is 17.2 Å². The molecule has 0 unspecified atom stereocenters. The Hall–Kier alpha value is -1.86. The Morgan fingerprint density at radius 3 is 2.87 bits per heavy atom. The number of fused-ring (bicyclic) bond motifs is 1. The van der Waals surface area contributed by atoms with Crippen LogP contribution in [0.5, 0.6) is 0 Å². The van der Waals surface area contributed by atoms with E-state index in [1.165, 1.54) is 11.3 Å². The molecule has 0 radical (unpaired) electrons. The zero-order valence-electron chi connectivity index (χ0n) is 7.94. The molecule has 1 aromatic carbocycles. The number of nitriles is 1. The second-order valence-electron chi connectivity index (χ2n) is 3.20. The quantitative estimate of drug-likeness (QED) is 0.798. The molecule has 0 spiro atoms. The van der Waals surface area contributed by atoms with Crippen molar-refractivity contribution in [3.63, 3.8) is 0 Å². The molecule has 0 aliphatic carbocycles. The number of carboxylic acids is 1. The summed E-state index contributed by atoms with van der Waals surface area (Å²) in [5.41, 5.74) is 1.64. The topological polar surface area (TPSA) is 61.1 Å². The van der Waals surface area contributed by atoms with Crippen LogP contribution in [0.4, 0.5) is 0 Å². The van der Waals surface area contributed by atoms with Crippen LogP contribution < -0.4 is 0 Å². The van der Waals surface area contributed by atoms with E-state index in [-0.39, 0.29) is 5.56 Å². The highest BCUT2D eigenvalue weighted by Gasteiger charge is 2.15. The summed E-state index contributed by atoms with van der Waals surface area (Å²) in [6.07, 6.45) is 0. The van der Waals surface area contributed by atoms with Gasteiger partial charge in [0, 0.05) is 15.5 Å². The smallest absolute Gasteiger partial charge is 0.337 e. The minimum Gasteiger partial charge on any atom is -0.478 e. The van der Waals surface area contributed by atoms with Gasteiger partial charge in [0.1, 0.15) is 0 Å². The molecule has 0 aliphatic heterocycles. The number of thiophene rings is 1. The molecule has 15 heavy (non-hydrogen) atoms. The standard InChI is InChI=1S/C11H7NO2S/c1-6-2-3-7(4-12)9-8(11(13)14)5-15-10(6)9/h2-3,5H,1H3,(H,13,14). The van der Waals surface area contributed by atoms with Crippen LogP contribution in [0.15, 0.2) is 17.5 Å². The minimum absolute atomic E-state index is 0.218. The van der Waals surface area contributed by atoms with Crippen LogP contribution in [-0.4, -0.2) is 11.1 Å². The summed E-state index contributed by atoms with van der Waals surface area (Å²) in [7, 11) is 0. The van der Waals surface area contributed by atoms with Crippen molar-refractivity contribution < 1.29 is 9.90 Å². The summed E-state index contributed by atoms with van der Waals surface area (Å²) in [4.78, 5) is 11.0. The number of nitrogens with zero attached hydrogens (tertiary/aromatic N) is 1. The van der Waals surface area contributed by atoms with Crippen molar-refractivity contribution >= 4 is 27.4 Å². The van der Waals surface area contributed by atoms with Gasteiger partial charge in [-0.1, -0.05) is 6.07 Å². The Balaban J connectivity index is 2.94. The third-order valence-electron chi connectivity index (χ3n) is 2.27. The fourth-order valence-electron chi connectivity index (χ4n) is 1.53. The first kappa shape index (κ1) is 9.69. The number of rotatable bonds is 1. The van der Waals surface area contributed by atoms with Crippen LogP contribution in [0.25, 0.3) is 10.1 Å². The lowest BCUT2D eigenvalue weighted by molar-refractivity contribution is 0.0699. The lowest BCUT2D eigenvalue weighted by Crippen LogP contribution is -1.95. The van der Waals surface area contributed by atoms with Crippen LogP contribution in [0.1, 0.15) is 21.5 Å². The normalized spacial score (nSPS) is 10.1. The zero-order chi connectivity index (χ0) is 11.0. The first-order valence-electron chi connectivity index (χ1n) is 4.29. The predicted octanol–water partition coefficient (Wildman–Crippen LogP) is 2.78. The molecule has 4 heteroatoms. The molecular weight excluding hydrogens is 210 g/mol. The summed E-state index contributed by atoms with van der Waals surface area (Å²) in [5, 5.41) is 20.0. The summed E-state index contributed by atoms with van der Waals surface area (Å²) in [6.45, 7) is 1.91. The van der Waals surface area contributed by atoms with Crippen LogP contribution in [0, 0.1) is 18.3 Å². The number of hydrogen-bond acceptors (Lipinski definition) is 3. The van der Waals surface area contributed by atoms with E-state index in [1.54, 1.807) is 11.4 Å². The van der Waals surface area contributed by atoms with Gasteiger partial charge in [-0.3, -0.25) is 0 Å². The number of aryl methyl sites for hydroxylation is 1. The number of hydrogen-bond donors (Lipinski definition) is 1. The molecule has 0 atom stereocenters. The third-order valence-corrected chi connectivity index (χ3v) is 3.38. The van der Waals surface area contributed by atoms with E-state index >= 15 is 0 Å². The molecule has 0 bridgehead atoms. The highest BCUT2D eigenvalue weighted by molar-refractivity contribution is 7.17. The minimum atomic E-state index is -0.983. The molecule has 0 saturated carbocycles. The number of carboxylic acid groups (broad SMARTS) is 1. The summed E-state index contributed by atoms with van der Waals surface area (Å²) in [6, 6.07) is 5.52. The number of carbonyl (C=O) groups is 1. The largest absolute Gasteiger partial charge is 0.478 e. The first-order valence-corrected chi connectivity index (χ1v) is 5.17. The second kappa shape index (κ2) is 3.37. The molecule has 0 amide bonds. The maximum atomic E-state index is 11.0. The fraction of sp³-hybridized carbons (Fsp3) is 0.0909. The van der Waals surface area contributed by atoms with Crippen molar-refractivity contribution in [1.82, 2.24) is 0 Å². The van der Waals surface area contributed by atoms with Gasteiger partial charge < -0.3 is 5.11 Å². The van der Waals surface area contributed by atoms with E-state index in [9.17, 15) is 4.79 Å². The van der Waals surface area contributed by atoms with E-state index < -0.39 is 5.97 Å². The fourth-order valence-corrected chi connectivity index (χ4v) is 2.58. The number of benzene rings is 1. The maximum Gasteiger partial charge on any atom is 0.337 e. The van der Waals surface area contributed by atoms with Crippen molar-refractivity contribution in [3.8, 4) is 6.07 Å². The Labute approximate surface area is 90.2 Å². The second-order valence-corrected chi connectivity index (χ2v) is 4.08. The van der Waals surface area contributed by atoms with Gasteiger partial charge >= 0.3 is 5.97 Å². The van der Waals surface area contributed by atoms with Gasteiger partial charge in [0.25, 0.3) is 0 Å². The summed E-state index contributed by atoms with van der Waals surface area (Å²) >= 11 is 1.37. The van der Waals surface area contributed by atoms with Gasteiger partial charge in [0.15, 0.2) is 0 Å². The molecule has 0 fully saturated rings. The molecule has 1 heterocycles. The van der Waals surface area contributed by atoms with Crippen LogP contribution in [0.2, 0.25) is 0 Å².